The molecule has 1 saturated heterocycles. The second-order valence-corrected chi connectivity index (χ2v) is 4.72. The van der Waals surface area contributed by atoms with Gasteiger partial charge < -0.3 is 10.6 Å². The van der Waals surface area contributed by atoms with Gasteiger partial charge in [0.05, 0.1) is 4.92 Å². The van der Waals surface area contributed by atoms with Gasteiger partial charge in [0.1, 0.15) is 5.82 Å². The van der Waals surface area contributed by atoms with Crippen molar-refractivity contribution in [2.75, 3.05) is 17.2 Å². The molecule has 0 bridgehead atoms. The molecule has 0 amide bonds. The Bertz CT molecular complexity index is 450. The Balaban J connectivity index is 2.27. The quantitative estimate of drug-likeness (QED) is 0.643. The average Bonchev–Trinajstić information content (AvgIpc) is 2.53. The Kier molecular flexibility index (Phi) is 3.64. The fraction of sp³-hybridized carbons (Fsp3) is 0.583. The zero-order valence-corrected chi connectivity index (χ0v) is 10.5. The molecule has 2 N–H and O–H groups in total. The van der Waals surface area contributed by atoms with Gasteiger partial charge in [-0.05, 0) is 25.8 Å². The lowest BCUT2D eigenvalue weighted by Crippen LogP contribution is -2.33. The monoisotopic (exact) mass is 250 g/mol. The topological polar surface area (TPSA) is 85.3 Å². The lowest BCUT2D eigenvalue weighted by atomic mass is 10.1. The number of aromatic nitrogens is 1. The molecule has 6 heteroatoms. The first kappa shape index (κ1) is 12.6. The van der Waals surface area contributed by atoms with Gasteiger partial charge in [-0.15, -0.1) is 0 Å². The molecule has 2 rings (SSSR count). The number of nitrogens with zero attached hydrogens (tertiary/aromatic N) is 3. The van der Waals surface area contributed by atoms with Gasteiger partial charge in [-0.2, -0.15) is 0 Å². The van der Waals surface area contributed by atoms with Crippen molar-refractivity contribution in [1.82, 2.24) is 4.98 Å². The number of nitro groups is 1. The minimum atomic E-state index is -0.502. The number of rotatable bonds is 2. The molecular formula is C12H18N4O2. The minimum absolute atomic E-state index is 0.00560. The molecule has 0 saturated carbocycles. The third kappa shape index (κ3) is 2.52. The molecule has 1 fully saturated rings. The second-order valence-electron chi connectivity index (χ2n) is 4.72. The molecule has 98 valence electrons. The molecular weight excluding hydrogens is 232 g/mol. The third-order valence-electron chi connectivity index (χ3n) is 3.43. The first-order valence-corrected chi connectivity index (χ1v) is 6.27. The molecule has 6 nitrogen and oxygen atoms in total. The maximum Gasteiger partial charge on any atom is 0.311 e. The number of hydrogen-bond acceptors (Lipinski definition) is 5. The molecule has 0 aromatic carbocycles. The van der Waals surface area contributed by atoms with E-state index < -0.39 is 4.92 Å². The molecule has 1 atom stereocenters. The van der Waals surface area contributed by atoms with Crippen molar-refractivity contribution in [2.24, 2.45) is 0 Å². The normalized spacial score (nSPS) is 20.5. The van der Waals surface area contributed by atoms with Gasteiger partial charge >= 0.3 is 5.69 Å². The van der Waals surface area contributed by atoms with Crippen LogP contribution in [0.25, 0.3) is 0 Å². The molecule has 1 unspecified atom stereocenters. The first-order chi connectivity index (χ1) is 8.59. The molecule has 2 heterocycles. The number of pyridine rings is 1. The molecule has 18 heavy (non-hydrogen) atoms. The van der Waals surface area contributed by atoms with Gasteiger partial charge in [0.25, 0.3) is 0 Å². The van der Waals surface area contributed by atoms with E-state index in [9.17, 15) is 10.1 Å². The van der Waals surface area contributed by atoms with E-state index in [2.05, 4.69) is 16.8 Å². The highest BCUT2D eigenvalue weighted by Crippen LogP contribution is 2.27. The van der Waals surface area contributed by atoms with Crippen LogP contribution < -0.4 is 10.6 Å². The van der Waals surface area contributed by atoms with E-state index in [0.29, 0.717) is 6.04 Å². The van der Waals surface area contributed by atoms with Crippen molar-refractivity contribution < 1.29 is 4.92 Å². The number of hydrogen-bond donors (Lipinski definition) is 1. The van der Waals surface area contributed by atoms with Crippen molar-refractivity contribution in [3.05, 3.63) is 22.2 Å². The average molecular weight is 250 g/mol. The van der Waals surface area contributed by atoms with E-state index in [1.807, 2.05) is 0 Å². The van der Waals surface area contributed by atoms with Crippen molar-refractivity contribution in [2.45, 2.75) is 38.6 Å². The van der Waals surface area contributed by atoms with Crippen LogP contribution in [-0.2, 0) is 0 Å². The summed E-state index contributed by atoms with van der Waals surface area (Å²) in [4.78, 5) is 16.6. The van der Waals surface area contributed by atoms with E-state index >= 15 is 0 Å². The maximum atomic E-state index is 10.7. The van der Waals surface area contributed by atoms with E-state index in [-0.39, 0.29) is 11.5 Å². The van der Waals surface area contributed by atoms with E-state index in [0.717, 1.165) is 25.2 Å². The van der Waals surface area contributed by atoms with Crippen LogP contribution in [0.2, 0.25) is 0 Å². The van der Waals surface area contributed by atoms with Gasteiger partial charge in [0.15, 0.2) is 0 Å². The second kappa shape index (κ2) is 5.20. The molecule has 0 radical (unpaired) electrons. The lowest BCUT2D eigenvalue weighted by Gasteiger charge is -2.28. The molecule has 1 aromatic heterocycles. The summed E-state index contributed by atoms with van der Waals surface area (Å²) in [6.45, 7) is 3.09. The molecule has 1 aliphatic rings. The Morgan fingerprint density at radius 2 is 2.22 bits per heavy atom. The van der Waals surface area contributed by atoms with Crippen LogP contribution in [0.1, 0.15) is 32.6 Å². The summed E-state index contributed by atoms with van der Waals surface area (Å²) < 4.78 is 0. The number of nitrogen functional groups attached to an aromatic ring is 1. The van der Waals surface area contributed by atoms with Gasteiger partial charge in [0.2, 0.25) is 5.82 Å². The highest BCUT2D eigenvalue weighted by molar-refractivity contribution is 5.58. The van der Waals surface area contributed by atoms with Crippen LogP contribution in [0.5, 0.6) is 0 Å². The van der Waals surface area contributed by atoms with Crippen molar-refractivity contribution >= 4 is 17.3 Å². The molecule has 0 spiro atoms. The van der Waals surface area contributed by atoms with E-state index in [4.69, 9.17) is 5.73 Å². The van der Waals surface area contributed by atoms with Crippen LogP contribution in [0.3, 0.4) is 0 Å². The Labute approximate surface area is 106 Å². The molecule has 0 aliphatic carbocycles. The fourth-order valence-electron chi connectivity index (χ4n) is 2.39. The summed E-state index contributed by atoms with van der Waals surface area (Å²) in [6, 6.07) is 3.53. The molecule has 1 aromatic rings. The summed E-state index contributed by atoms with van der Waals surface area (Å²) in [5.41, 5.74) is 5.51. The highest BCUT2D eigenvalue weighted by atomic mass is 16.6. The number of nitrogens with two attached hydrogens (primary N) is 1. The lowest BCUT2D eigenvalue weighted by molar-refractivity contribution is -0.384. The minimum Gasteiger partial charge on any atom is -0.378 e. The zero-order valence-electron chi connectivity index (χ0n) is 10.5. The Morgan fingerprint density at radius 3 is 2.89 bits per heavy atom. The standard InChI is InChI=1S/C12H18N4O2/c1-9-5-3-2-4-8-15(9)11-7-6-10(16(17)18)12(13)14-11/h6-7,9H,2-5,8H2,1H3,(H2,13,14). The highest BCUT2D eigenvalue weighted by Gasteiger charge is 2.21. The first-order valence-electron chi connectivity index (χ1n) is 6.27. The number of anilines is 2. The maximum absolute atomic E-state index is 10.7. The van der Waals surface area contributed by atoms with Gasteiger partial charge in [-0.1, -0.05) is 12.8 Å². The van der Waals surface area contributed by atoms with Crippen LogP contribution in [0.4, 0.5) is 17.3 Å². The van der Waals surface area contributed by atoms with E-state index in [1.165, 1.54) is 18.9 Å². The van der Waals surface area contributed by atoms with Crippen molar-refractivity contribution in [3.8, 4) is 0 Å². The van der Waals surface area contributed by atoms with E-state index in [1.54, 1.807) is 6.07 Å². The zero-order chi connectivity index (χ0) is 13.1. The summed E-state index contributed by atoms with van der Waals surface area (Å²) in [6.07, 6.45) is 4.70. The predicted octanol–water partition coefficient (Wildman–Crippen LogP) is 2.34. The smallest absolute Gasteiger partial charge is 0.311 e. The largest absolute Gasteiger partial charge is 0.378 e. The van der Waals surface area contributed by atoms with Crippen LogP contribution in [0.15, 0.2) is 12.1 Å². The van der Waals surface area contributed by atoms with Gasteiger partial charge in [-0.25, -0.2) is 4.98 Å². The fourth-order valence-corrected chi connectivity index (χ4v) is 2.39. The van der Waals surface area contributed by atoms with Crippen molar-refractivity contribution in [1.29, 1.82) is 0 Å². The Morgan fingerprint density at radius 1 is 1.44 bits per heavy atom. The Hall–Kier alpha value is -1.85. The van der Waals surface area contributed by atoms with Gasteiger partial charge in [-0.3, -0.25) is 10.1 Å². The predicted molar refractivity (Wildman–Crippen MR) is 70.6 cm³/mol. The van der Waals surface area contributed by atoms with Crippen LogP contribution in [-0.4, -0.2) is 22.5 Å². The summed E-state index contributed by atoms with van der Waals surface area (Å²) in [5.74, 6) is 0.737. The van der Waals surface area contributed by atoms with Crippen LogP contribution >= 0.6 is 0 Å². The van der Waals surface area contributed by atoms with Crippen molar-refractivity contribution in [3.63, 3.8) is 0 Å². The third-order valence-corrected chi connectivity index (χ3v) is 3.43. The molecule has 1 aliphatic heterocycles. The summed E-state index contributed by atoms with van der Waals surface area (Å²) in [7, 11) is 0. The summed E-state index contributed by atoms with van der Waals surface area (Å²) in [5, 5.41) is 10.7. The van der Waals surface area contributed by atoms with Crippen LogP contribution in [0, 0.1) is 10.1 Å². The SMILES string of the molecule is CC1CCCCCN1c1ccc([N+](=O)[O-])c(N)n1. The summed E-state index contributed by atoms with van der Waals surface area (Å²) >= 11 is 0. The van der Waals surface area contributed by atoms with Gasteiger partial charge in [0, 0.05) is 18.7 Å².